The van der Waals surface area contributed by atoms with Crippen molar-refractivity contribution in [1.82, 2.24) is 10.6 Å². The van der Waals surface area contributed by atoms with Crippen molar-refractivity contribution in [2.45, 2.75) is 31.9 Å². The average Bonchev–Trinajstić information content (AvgIpc) is 3.12. The van der Waals surface area contributed by atoms with Crippen molar-refractivity contribution in [2.24, 2.45) is 0 Å². The van der Waals surface area contributed by atoms with Crippen molar-refractivity contribution in [1.29, 1.82) is 0 Å². The summed E-state index contributed by atoms with van der Waals surface area (Å²) < 4.78 is 10.8. The van der Waals surface area contributed by atoms with Crippen LogP contribution in [-0.4, -0.2) is 36.2 Å². The fourth-order valence-electron chi connectivity index (χ4n) is 3.03. The van der Waals surface area contributed by atoms with Gasteiger partial charge >= 0.3 is 12.0 Å². The summed E-state index contributed by atoms with van der Waals surface area (Å²) in [4.78, 5) is 34.7. The molecule has 2 amide bonds. The minimum absolute atomic E-state index is 0.0720. The van der Waals surface area contributed by atoms with Gasteiger partial charge in [-0.25, -0.2) is 9.59 Å². The first kappa shape index (κ1) is 17.9. The van der Waals surface area contributed by atoms with Crippen LogP contribution in [-0.2, 0) is 14.3 Å². The number of rotatable bonds is 5. The number of non-ortho nitro benzene ring substituents is 1. The number of urea groups is 1. The maximum atomic E-state index is 12.6. The van der Waals surface area contributed by atoms with E-state index < -0.39 is 23.0 Å². The largest absolute Gasteiger partial charge is 0.459 e. The van der Waals surface area contributed by atoms with E-state index in [0.717, 1.165) is 12.8 Å². The van der Waals surface area contributed by atoms with E-state index in [4.69, 9.17) is 9.47 Å². The Bertz CT molecular complexity index is 752. The number of benzene rings is 1. The number of nitrogens with zero attached hydrogens (tertiary/aromatic N) is 1. The van der Waals surface area contributed by atoms with Gasteiger partial charge in [0.1, 0.15) is 6.61 Å². The van der Waals surface area contributed by atoms with E-state index in [2.05, 4.69) is 10.6 Å². The second-order valence-electron chi connectivity index (χ2n) is 6.15. The average molecular weight is 361 g/mol. The van der Waals surface area contributed by atoms with E-state index in [0.29, 0.717) is 17.9 Å². The van der Waals surface area contributed by atoms with Crippen molar-refractivity contribution >= 4 is 17.7 Å². The highest BCUT2D eigenvalue weighted by Gasteiger charge is 2.33. The van der Waals surface area contributed by atoms with Crippen LogP contribution in [0, 0.1) is 10.1 Å². The number of allylic oxidation sites excluding steroid dienone is 1. The Morgan fingerprint density at radius 2 is 2.12 bits per heavy atom. The molecule has 1 saturated heterocycles. The van der Waals surface area contributed by atoms with Crippen LogP contribution < -0.4 is 10.6 Å². The van der Waals surface area contributed by atoms with Crippen LogP contribution in [0.4, 0.5) is 10.5 Å². The fourth-order valence-corrected chi connectivity index (χ4v) is 3.03. The molecular weight excluding hydrogens is 342 g/mol. The quantitative estimate of drug-likeness (QED) is 0.470. The van der Waals surface area contributed by atoms with Gasteiger partial charge in [-0.05, 0) is 37.5 Å². The number of carbonyl (C=O) groups excluding carboxylic acids is 2. The number of amides is 2. The van der Waals surface area contributed by atoms with Crippen molar-refractivity contribution < 1.29 is 24.0 Å². The first-order valence-electron chi connectivity index (χ1n) is 8.27. The van der Waals surface area contributed by atoms with E-state index in [9.17, 15) is 19.7 Å². The number of nitro benzene ring substituents is 1. The van der Waals surface area contributed by atoms with Gasteiger partial charge < -0.3 is 20.1 Å². The lowest BCUT2D eigenvalue weighted by Gasteiger charge is -2.28. The molecule has 138 valence electrons. The monoisotopic (exact) mass is 361 g/mol. The number of ether oxygens (including phenoxy) is 2. The summed E-state index contributed by atoms with van der Waals surface area (Å²) in [5.74, 6) is -0.561. The molecule has 0 saturated carbocycles. The minimum atomic E-state index is -0.749. The lowest BCUT2D eigenvalue weighted by molar-refractivity contribution is -0.384. The highest BCUT2D eigenvalue weighted by Crippen LogP contribution is 2.29. The van der Waals surface area contributed by atoms with Crippen LogP contribution in [0.5, 0.6) is 0 Å². The lowest BCUT2D eigenvalue weighted by Crippen LogP contribution is -2.45. The standard InChI is InChI=1S/C17H19N3O6/c1-10-14(16(21)26-9-13-3-2-8-25-13)15(19-17(22)18-10)11-4-6-12(7-5-11)20(23)24/h4-7,13,15H,2-3,8-9H2,1H3,(H2,18,19,22). The van der Waals surface area contributed by atoms with Crippen LogP contribution in [0.2, 0.25) is 0 Å². The summed E-state index contributed by atoms with van der Waals surface area (Å²) in [6.07, 6.45) is 1.67. The second kappa shape index (κ2) is 7.52. The molecule has 26 heavy (non-hydrogen) atoms. The summed E-state index contributed by atoms with van der Waals surface area (Å²) in [6, 6.07) is 4.47. The van der Waals surface area contributed by atoms with Crippen LogP contribution in [0.25, 0.3) is 0 Å². The van der Waals surface area contributed by atoms with E-state index in [1.165, 1.54) is 24.3 Å². The molecule has 2 aliphatic rings. The zero-order valence-corrected chi connectivity index (χ0v) is 14.2. The number of carbonyl (C=O) groups is 2. The molecular formula is C17H19N3O6. The Balaban J connectivity index is 1.81. The predicted molar refractivity (Wildman–Crippen MR) is 90.1 cm³/mol. The summed E-state index contributed by atoms with van der Waals surface area (Å²) in [6.45, 7) is 2.42. The van der Waals surface area contributed by atoms with Gasteiger partial charge in [0.15, 0.2) is 0 Å². The lowest BCUT2D eigenvalue weighted by atomic mass is 9.95. The molecule has 2 heterocycles. The Labute approximate surface area is 149 Å². The molecule has 0 aromatic heterocycles. The Hall–Kier alpha value is -2.94. The summed E-state index contributed by atoms with van der Waals surface area (Å²) in [7, 11) is 0. The van der Waals surface area contributed by atoms with Crippen LogP contribution >= 0.6 is 0 Å². The van der Waals surface area contributed by atoms with Gasteiger partial charge in [0.05, 0.1) is 22.6 Å². The molecule has 0 spiro atoms. The normalized spacial score (nSPS) is 22.6. The molecule has 1 aromatic rings. The Morgan fingerprint density at radius 3 is 2.73 bits per heavy atom. The van der Waals surface area contributed by atoms with Gasteiger partial charge in [0, 0.05) is 24.4 Å². The van der Waals surface area contributed by atoms with Crippen LogP contribution in [0.3, 0.4) is 0 Å². The maximum Gasteiger partial charge on any atom is 0.338 e. The number of hydrogen-bond donors (Lipinski definition) is 2. The van der Waals surface area contributed by atoms with Crippen molar-refractivity contribution in [3.63, 3.8) is 0 Å². The molecule has 2 atom stereocenters. The Kier molecular flexibility index (Phi) is 5.17. The molecule has 0 radical (unpaired) electrons. The zero-order valence-electron chi connectivity index (χ0n) is 14.2. The van der Waals surface area contributed by atoms with Crippen molar-refractivity contribution in [2.75, 3.05) is 13.2 Å². The van der Waals surface area contributed by atoms with Crippen molar-refractivity contribution in [3.05, 3.63) is 51.2 Å². The molecule has 0 bridgehead atoms. The SMILES string of the molecule is CC1=C(C(=O)OCC2CCCO2)C(c2ccc([N+](=O)[O-])cc2)NC(=O)N1. The molecule has 2 aliphatic heterocycles. The third-order valence-electron chi connectivity index (χ3n) is 4.35. The predicted octanol–water partition coefficient (Wildman–Crippen LogP) is 1.94. The van der Waals surface area contributed by atoms with Gasteiger partial charge in [-0.1, -0.05) is 0 Å². The molecule has 9 heteroatoms. The number of hydrogen-bond acceptors (Lipinski definition) is 6. The number of esters is 1. The van der Waals surface area contributed by atoms with Gasteiger partial charge in [-0.15, -0.1) is 0 Å². The summed E-state index contributed by atoms with van der Waals surface area (Å²) in [5, 5.41) is 16.0. The van der Waals surface area contributed by atoms with Gasteiger partial charge in [0.25, 0.3) is 5.69 Å². The molecule has 3 rings (SSSR count). The highest BCUT2D eigenvalue weighted by atomic mass is 16.6. The molecule has 0 aliphatic carbocycles. The zero-order chi connectivity index (χ0) is 18.7. The fraction of sp³-hybridized carbons (Fsp3) is 0.412. The van der Waals surface area contributed by atoms with E-state index in [-0.39, 0.29) is 24.0 Å². The Morgan fingerprint density at radius 1 is 1.38 bits per heavy atom. The van der Waals surface area contributed by atoms with Gasteiger partial charge in [-0.2, -0.15) is 0 Å². The molecule has 2 N–H and O–H groups in total. The van der Waals surface area contributed by atoms with Gasteiger partial charge in [-0.3, -0.25) is 10.1 Å². The number of nitrogens with one attached hydrogen (secondary N) is 2. The highest BCUT2D eigenvalue weighted by molar-refractivity contribution is 5.95. The number of nitro groups is 1. The molecule has 1 fully saturated rings. The maximum absolute atomic E-state index is 12.6. The molecule has 9 nitrogen and oxygen atoms in total. The van der Waals surface area contributed by atoms with Gasteiger partial charge in [0.2, 0.25) is 0 Å². The van der Waals surface area contributed by atoms with E-state index >= 15 is 0 Å². The van der Waals surface area contributed by atoms with E-state index in [1.807, 2.05) is 0 Å². The first-order valence-corrected chi connectivity index (χ1v) is 8.27. The summed E-state index contributed by atoms with van der Waals surface area (Å²) >= 11 is 0. The van der Waals surface area contributed by atoms with Crippen LogP contribution in [0.1, 0.15) is 31.4 Å². The summed E-state index contributed by atoms with van der Waals surface area (Å²) in [5.41, 5.74) is 1.12. The smallest absolute Gasteiger partial charge is 0.338 e. The minimum Gasteiger partial charge on any atom is -0.459 e. The molecule has 1 aromatic carbocycles. The van der Waals surface area contributed by atoms with Crippen molar-refractivity contribution in [3.8, 4) is 0 Å². The molecule has 2 unspecified atom stereocenters. The van der Waals surface area contributed by atoms with E-state index in [1.54, 1.807) is 6.92 Å². The second-order valence-corrected chi connectivity index (χ2v) is 6.15. The topological polar surface area (TPSA) is 120 Å². The third kappa shape index (κ3) is 3.83. The third-order valence-corrected chi connectivity index (χ3v) is 4.35. The first-order chi connectivity index (χ1) is 12.5. The van der Waals surface area contributed by atoms with Crippen LogP contribution in [0.15, 0.2) is 35.5 Å².